The molecule has 440 valence electrons. The minimum atomic E-state index is -4.45. The number of amides is 1. The summed E-state index contributed by atoms with van der Waals surface area (Å²) in [5.74, 6) is -0.498. The van der Waals surface area contributed by atoms with Crippen LogP contribution in [0.15, 0.2) is 48.6 Å². The summed E-state index contributed by atoms with van der Waals surface area (Å²) in [6, 6.07) is -0.847. The Bertz CT molecular complexity index is 1420. The Kier molecular flexibility index (Phi) is 53.8. The highest BCUT2D eigenvalue weighted by atomic mass is 31.2. The number of likely N-dealkylation sites (N-methyl/N-ethyl adjacent to an activating group) is 1. The molecule has 0 aliphatic carbocycles. The van der Waals surface area contributed by atoms with Crippen molar-refractivity contribution in [3.63, 3.8) is 0 Å². The van der Waals surface area contributed by atoms with Gasteiger partial charge in [0.05, 0.1) is 33.8 Å². The fourth-order valence-corrected chi connectivity index (χ4v) is 10.0. The van der Waals surface area contributed by atoms with Gasteiger partial charge in [0.2, 0.25) is 5.91 Å². The van der Waals surface area contributed by atoms with Crippen LogP contribution in [0.5, 0.6) is 0 Å². The van der Waals surface area contributed by atoms with Gasteiger partial charge in [0.1, 0.15) is 19.3 Å². The number of nitrogens with zero attached hydrogens (tertiary/aromatic N) is 1. The zero-order chi connectivity index (χ0) is 55.0. The van der Waals surface area contributed by atoms with E-state index in [1.165, 1.54) is 199 Å². The van der Waals surface area contributed by atoms with E-state index in [9.17, 15) is 19.0 Å². The number of carbonyl (C=O) groups is 2. The van der Waals surface area contributed by atoms with Crippen LogP contribution in [-0.2, 0) is 27.9 Å². The first-order chi connectivity index (χ1) is 36.4. The number of hydrogen-bond donors (Lipinski definition) is 2. The van der Waals surface area contributed by atoms with Crippen molar-refractivity contribution >= 4 is 19.7 Å². The number of ether oxygens (including phenoxy) is 1. The molecule has 0 saturated carbocycles. The number of nitrogens with one attached hydrogen (secondary N) is 1. The number of rotatable bonds is 58. The topological polar surface area (TPSA) is 111 Å². The molecular weight excluding hydrogens is 952 g/mol. The molecule has 0 fully saturated rings. The minimum absolute atomic E-state index is 0.0407. The first-order valence-electron chi connectivity index (χ1n) is 32.0. The Labute approximate surface area is 465 Å². The van der Waals surface area contributed by atoms with E-state index in [-0.39, 0.29) is 25.1 Å². The first kappa shape index (κ1) is 73.0. The third-order valence-electron chi connectivity index (χ3n) is 14.3. The molecule has 1 amide bonds. The smallest absolute Gasteiger partial charge is 0.456 e. The maximum Gasteiger partial charge on any atom is 0.472 e. The molecule has 3 unspecified atom stereocenters. The number of carbonyl (C=O) groups excluding carboxylic acids is 2. The zero-order valence-electron chi connectivity index (χ0n) is 50.3. The van der Waals surface area contributed by atoms with Crippen LogP contribution in [0.25, 0.3) is 0 Å². The molecule has 9 nitrogen and oxygen atoms in total. The van der Waals surface area contributed by atoms with Gasteiger partial charge in [0, 0.05) is 12.8 Å². The van der Waals surface area contributed by atoms with Crippen molar-refractivity contribution in [2.24, 2.45) is 0 Å². The van der Waals surface area contributed by atoms with Crippen LogP contribution in [0.4, 0.5) is 0 Å². The Morgan fingerprint density at radius 3 is 1.24 bits per heavy atom. The van der Waals surface area contributed by atoms with Crippen LogP contribution in [-0.4, -0.2) is 74.3 Å². The summed E-state index contributed by atoms with van der Waals surface area (Å²) in [6.07, 6.45) is 68.1. The van der Waals surface area contributed by atoms with Crippen molar-refractivity contribution in [1.29, 1.82) is 0 Å². The van der Waals surface area contributed by atoms with Gasteiger partial charge in [0.15, 0.2) is 0 Å². The fraction of sp³-hybridized carbons (Fsp3) is 0.846. The van der Waals surface area contributed by atoms with E-state index in [0.717, 1.165) is 70.6 Å². The summed E-state index contributed by atoms with van der Waals surface area (Å²) < 4.78 is 30.7. The molecule has 0 radical (unpaired) electrons. The molecular formula is C65H124N2O7P+. The Hall–Kier alpha value is -2.03. The standard InChI is InChI=1S/C65H123N2O7P/c1-7-10-13-16-19-22-25-28-29-30-31-32-33-34-35-36-37-40-42-45-48-51-54-57-64(68)66-62(61-73-75(70,71)72-60-59-67(4,5)6)63(56-53-50-47-44-41-38-26-23-20-17-14-11-8-2)74-65(69)58-55-52-49-46-43-39-27-24-21-18-15-12-9-3/h19,22,28-29,31-32,53,56,62-63H,7-18,20-21,23-27,30,33-52,54-55,57-61H2,1-6H3,(H-,66,68,70,71)/p+1/b22-19-,29-28-,32-31-,56-53-. The second-order valence-electron chi connectivity index (χ2n) is 22.9. The molecule has 0 heterocycles. The Balaban J connectivity index is 5.17. The highest BCUT2D eigenvalue weighted by Crippen LogP contribution is 2.43. The largest absolute Gasteiger partial charge is 0.472 e. The molecule has 0 rings (SSSR count). The van der Waals surface area contributed by atoms with Gasteiger partial charge in [-0.05, 0) is 70.3 Å². The molecule has 3 atom stereocenters. The lowest BCUT2D eigenvalue weighted by Gasteiger charge is -2.27. The van der Waals surface area contributed by atoms with E-state index >= 15 is 0 Å². The zero-order valence-corrected chi connectivity index (χ0v) is 51.2. The van der Waals surface area contributed by atoms with E-state index < -0.39 is 20.0 Å². The quantitative estimate of drug-likeness (QED) is 0.0205. The van der Waals surface area contributed by atoms with Gasteiger partial charge in [-0.25, -0.2) is 4.57 Å². The number of esters is 1. The number of quaternary nitrogens is 1. The summed E-state index contributed by atoms with van der Waals surface area (Å²) in [6.45, 7) is 7.01. The van der Waals surface area contributed by atoms with Crippen LogP contribution < -0.4 is 5.32 Å². The van der Waals surface area contributed by atoms with Gasteiger partial charge in [-0.1, -0.05) is 269 Å². The summed E-state index contributed by atoms with van der Waals surface area (Å²) in [4.78, 5) is 37.7. The minimum Gasteiger partial charge on any atom is -0.456 e. The van der Waals surface area contributed by atoms with E-state index in [2.05, 4.69) is 62.5 Å². The van der Waals surface area contributed by atoms with Crippen molar-refractivity contribution in [2.45, 2.75) is 315 Å². The van der Waals surface area contributed by atoms with Gasteiger partial charge >= 0.3 is 13.8 Å². The lowest BCUT2D eigenvalue weighted by atomic mass is 10.0. The molecule has 0 aromatic carbocycles. The summed E-state index contributed by atoms with van der Waals surface area (Å²) in [5, 5.41) is 3.06. The second-order valence-corrected chi connectivity index (χ2v) is 24.4. The fourth-order valence-electron chi connectivity index (χ4n) is 9.30. The average Bonchev–Trinajstić information content (AvgIpc) is 3.37. The molecule has 75 heavy (non-hydrogen) atoms. The van der Waals surface area contributed by atoms with E-state index in [1.54, 1.807) is 0 Å². The predicted molar refractivity (Wildman–Crippen MR) is 323 cm³/mol. The molecule has 0 bridgehead atoms. The van der Waals surface area contributed by atoms with E-state index in [4.69, 9.17) is 13.8 Å². The Morgan fingerprint density at radius 2 is 0.813 bits per heavy atom. The summed E-state index contributed by atoms with van der Waals surface area (Å²) in [5.41, 5.74) is 0. The van der Waals surface area contributed by atoms with Crippen LogP contribution in [0, 0.1) is 0 Å². The SMILES string of the molecule is CCCCC/C=C\C/C=C\C/C=C\CCCCCCCCCCCCC(=O)NC(COP(=O)(O)OCC[N+](C)(C)C)C(/C=C\CCCCCCCCCCCCC)OC(=O)CCCCCCCCCCCCCCC. The highest BCUT2D eigenvalue weighted by molar-refractivity contribution is 7.47. The Morgan fingerprint density at radius 1 is 0.467 bits per heavy atom. The maximum absolute atomic E-state index is 13.6. The van der Waals surface area contributed by atoms with Gasteiger partial charge in [-0.2, -0.15) is 0 Å². The molecule has 0 aromatic rings. The van der Waals surface area contributed by atoms with Crippen molar-refractivity contribution in [2.75, 3.05) is 40.9 Å². The average molecular weight is 1080 g/mol. The first-order valence-corrected chi connectivity index (χ1v) is 33.5. The molecule has 0 aliphatic rings. The van der Waals surface area contributed by atoms with Gasteiger partial charge < -0.3 is 19.4 Å². The van der Waals surface area contributed by atoms with E-state index in [0.29, 0.717) is 23.9 Å². The summed E-state index contributed by atoms with van der Waals surface area (Å²) >= 11 is 0. The van der Waals surface area contributed by atoms with Crippen LogP contribution >= 0.6 is 7.82 Å². The highest BCUT2D eigenvalue weighted by Gasteiger charge is 2.30. The van der Waals surface area contributed by atoms with Crippen molar-refractivity contribution < 1.29 is 37.3 Å². The normalized spacial score (nSPS) is 14.0. The number of unbranched alkanes of at least 4 members (excludes halogenated alkanes) is 36. The van der Waals surface area contributed by atoms with E-state index in [1.807, 2.05) is 33.3 Å². The number of hydrogen-bond acceptors (Lipinski definition) is 6. The van der Waals surface area contributed by atoms with Gasteiger partial charge in [-0.15, -0.1) is 0 Å². The lowest BCUT2D eigenvalue weighted by molar-refractivity contribution is -0.870. The molecule has 2 N–H and O–H groups in total. The molecule has 0 aliphatic heterocycles. The van der Waals surface area contributed by atoms with Gasteiger partial charge in [-0.3, -0.25) is 18.6 Å². The number of phosphoric acid groups is 1. The van der Waals surface area contributed by atoms with Crippen molar-refractivity contribution in [1.82, 2.24) is 5.32 Å². The van der Waals surface area contributed by atoms with Crippen molar-refractivity contribution in [3.05, 3.63) is 48.6 Å². The number of allylic oxidation sites excluding steroid dienone is 7. The third kappa shape index (κ3) is 56.5. The molecule has 0 aromatic heterocycles. The molecule has 0 spiro atoms. The van der Waals surface area contributed by atoms with Crippen molar-refractivity contribution in [3.8, 4) is 0 Å². The maximum atomic E-state index is 13.6. The third-order valence-corrected chi connectivity index (χ3v) is 15.3. The molecule has 10 heteroatoms. The van der Waals surface area contributed by atoms with Crippen LogP contribution in [0.1, 0.15) is 303 Å². The molecule has 0 saturated heterocycles. The lowest BCUT2D eigenvalue weighted by Crippen LogP contribution is -2.47. The van der Waals surface area contributed by atoms with Crippen LogP contribution in [0.3, 0.4) is 0 Å². The van der Waals surface area contributed by atoms with Crippen LogP contribution in [0.2, 0.25) is 0 Å². The summed E-state index contributed by atoms with van der Waals surface area (Å²) in [7, 11) is 1.50. The predicted octanol–water partition coefficient (Wildman–Crippen LogP) is 19.7. The number of phosphoric ester groups is 1. The second kappa shape index (κ2) is 55.3. The monoisotopic (exact) mass is 1080 g/mol. The van der Waals surface area contributed by atoms with Gasteiger partial charge in [0.25, 0.3) is 0 Å².